The predicted molar refractivity (Wildman–Crippen MR) is 63.5 cm³/mol. The summed E-state index contributed by atoms with van der Waals surface area (Å²) < 4.78 is 1.10. The molecule has 0 aromatic carbocycles. The van der Waals surface area contributed by atoms with Crippen molar-refractivity contribution in [3.05, 3.63) is 22.8 Å². The monoisotopic (exact) mass is 296 g/mol. The number of hydrogen-bond donors (Lipinski definition) is 1. The first-order valence-electron chi connectivity index (χ1n) is 4.82. The topological polar surface area (TPSA) is 118 Å². The molecule has 0 amide bonds. The summed E-state index contributed by atoms with van der Waals surface area (Å²) in [5, 5.41) is 28.9. The molecule has 96 valence electrons. The molecular weight excluding hydrogens is 292 g/mol. The van der Waals surface area contributed by atoms with Crippen molar-refractivity contribution >= 4 is 29.3 Å². The number of carbonyl (C=O) groups is 1. The molecule has 0 aliphatic heterocycles. The van der Waals surface area contributed by atoms with Crippen LogP contribution in [0.25, 0.3) is 0 Å². The van der Waals surface area contributed by atoms with Crippen molar-refractivity contribution in [3.63, 3.8) is 0 Å². The number of carboxylic acids is 1. The van der Waals surface area contributed by atoms with Crippen LogP contribution >= 0.6 is 23.4 Å². The molecule has 0 saturated carbocycles. The van der Waals surface area contributed by atoms with Gasteiger partial charge in [0.05, 0.1) is 10.6 Å². The molecular formula is C9H5ClN6O2S. The Balaban J connectivity index is 2.30. The SMILES string of the molecule is N#Cc1ccnc(Sc2nnnn2CC(=O)O)c1Cl. The standard InChI is InChI=1S/C9H5ClN6O2S/c10-7-5(3-11)1-2-12-8(7)19-9-13-14-15-16(9)4-6(17)18/h1-2H,4H2,(H,17,18). The first kappa shape index (κ1) is 13.3. The Kier molecular flexibility index (Phi) is 3.94. The van der Waals surface area contributed by atoms with E-state index in [1.54, 1.807) is 0 Å². The van der Waals surface area contributed by atoms with Crippen LogP contribution in [0.2, 0.25) is 5.02 Å². The summed E-state index contributed by atoms with van der Waals surface area (Å²) in [6.45, 7) is -0.370. The number of aliphatic carboxylic acids is 1. The van der Waals surface area contributed by atoms with Gasteiger partial charge in [-0.2, -0.15) is 5.26 Å². The van der Waals surface area contributed by atoms with E-state index in [0.29, 0.717) is 5.03 Å². The number of tetrazole rings is 1. The molecule has 19 heavy (non-hydrogen) atoms. The lowest BCUT2D eigenvalue weighted by atomic mass is 10.3. The lowest BCUT2D eigenvalue weighted by molar-refractivity contribution is -0.138. The summed E-state index contributed by atoms with van der Waals surface area (Å²) in [6.07, 6.45) is 1.43. The maximum atomic E-state index is 10.6. The van der Waals surface area contributed by atoms with Gasteiger partial charge in [0.1, 0.15) is 17.6 Å². The van der Waals surface area contributed by atoms with E-state index in [9.17, 15) is 4.79 Å². The Hall–Kier alpha value is -2.18. The maximum absolute atomic E-state index is 10.6. The Morgan fingerprint density at radius 2 is 2.42 bits per heavy atom. The Morgan fingerprint density at radius 1 is 1.63 bits per heavy atom. The number of halogens is 1. The Labute approximate surface area is 116 Å². The summed E-state index contributed by atoms with van der Waals surface area (Å²) in [7, 11) is 0. The fourth-order valence-electron chi connectivity index (χ4n) is 1.17. The van der Waals surface area contributed by atoms with Gasteiger partial charge >= 0.3 is 5.97 Å². The lowest BCUT2D eigenvalue weighted by Gasteiger charge is -2.03. The van der Waals surface area contributed by atoms with Gasteiger partial charge in [-0.3, -0.25) is 4.79 Å². The number of nitriles is 1. The zero-order valence-electron chi connectivity index (χ0n) is 9.19. The second-order valence-electron chi connectivity index (χ2n) is 3.20. The first-order chi connectivity index (χ1) is 9.11. The molecule has 8 nitrogen and oxygen atoms in total. The molecule has 0 fully saturated rings. The molecule has 0 bridgehead atoms. The van der Waals surface area contributed by atoms with Gasteiger partial charge in [0, 0.05) is 6.20 Å². The van der Waals surface area contributed by atoms with Crippen molar-refractivity contribution in [2.45, 2.75) is 16.7 Å². The van der Waals surface area contributed by atoms with E-state index in [-0.39, 0.29) is 22.3 Å². The zero-order chi connectivity index (χ0) is 13.8. The average Bonchev–Trinajstić information content (AvgIpc) is 2.78. The highest BCUT2D eigenvalue weighted by Gasteiger charge is 2.15. The fraction of sp³-hybridized carbons (Fsp3) is 0.111. The maximum Gasteiger partial charge on any atom is 0.325 e. The summed E-state index contributed by atoms with van der Waals surface area (Å²) in [5.41, 5.74) is 0.274. The minimum atomic E-state index is -1.07. The van der Waals surface area contributed by atoms with E-state index < -0.39 is 5.97 Å². The Morgan fingerprint density at radius 3 is 3.11 bits per heavy atom. The van der Waals surface area contributed by atoms with Crippen LogP contribution in [0.4, 0.5) is 0 Å². The van der Waals surface area contributed by atoms with Gasteiger partial charge in [-0.05, 0) is 28.3 Å². The third kappa shape index (κ3) is 2.98. The molecule has 10 heteroatoms. The van der Waals surface area contributed by atoms with Gasteiger partial charge < -0.3 is 5.11 Å². The van der Waals surface area contributed by atoms with Crippen molar-refractivity contribution in [2.75, 3.05) is 0 Å². The second-order valence-corrected chi connectivity index (χ2v) is 4.54. The Bertz CT molecular complexity index is 667. The molecule has 2 heterocycles. The summed E-state index contributed by atoms with van der Waals surface area (Å²) in [5.74, 6) is -1.07. The summed E-state index contributed by atoms with van der Waals surface area (Å²) in [6, 6.07) is 3.40. The third-order valence-electron chi connectivity index (χ3n) is 1.95. The van der Waals surface area contributed by atoms with Crippen molar-refractivity contribution in [1.82, 2.24) is 25.2 Å². The van der Waals surface area contributed by atoms with Crippen LogP contribution in [0, 0.1) is 11.3 Å². The number of pyridine rings is 1. The molecule has 0 radical (unpaired) electrons. The highest BCUT2D eigenvalue weighted by Crippen LogP contribution is 2.31. The quantitative estimate of drug-likeness (QED) is 0.881. The highest BCUT2D eigenvalue weighted by atomic mass is 35.5. The van der Waals surface area contributed by atoms with E-state index in [2.05, 4.69) is 20.5 Å². The smallest absolute Gasteiger partial charge is 0.325 e. The van der Waals surface area contributed by atoms with Crippen LogP contribution < -0.4 is 0 Å². The second kappa shape index (κ2) is 5.64. The van der Waals surface area contributed by atoms with Crippen LogP contribution in [0.15, 0.2) is 22.4 Å². The molecule has 2 aromatic heterocycles. The molecule has 0 saturated heterocycles. The predicted octanol–water partition coefficient (Wildman–Crippen LogP) is 0.829. The number of rotatable bonds is 4. The zero-order valence-corrected chi connectivity index (χ0v) is 10.8. The van der Waals surface area contributed by atoms with Crippen molar-refractivity contribution in [3.8, 4) is 6.07 Å². The number of nitrogens with zero attached hydrogens (tertiary/aromatic N) is 6. The lowest BCUT2D eigenvalue weighted by Crippen LogP contribution is -2.11. The molecule has 0 atom stereocenters. The molecule has 0 aliphatic carbocycles. The molecule has 0 aliphatic rings. The van der Waals surface area contributed by atoms with Crippen molar-refractivity contribution < 1.29 is 9.90 Å². The van der Waals surface area contributed by atoms with Gasteiger partial charge in [-0.15, -0.1) is 5.10 Å². The van der Waals surface area contributed by atoms with E-state index in [4.69, 9.17) is 22.0 Å². The highest BCUT2D eigenvalue weighted by molar-refractivity contribution is 7.99. The average molecular weight is 297 g/mol. The third-order valence-corrected chi connectivity index (χ3v) is 3.42. The van der Waals surface area contributed by atoms with Crippen LogP contribution in [0.3, 0.4) is 0 Å². The van der Waals surface area contributed by atoms with Crippen molar-refractivity contribution in [1.29, 1.82) is 5.26 Å². The first-order valence-corrected chi connectivity index (χ1v) is 6.01. The molecule has 0 unspecified atom stereocenters. The largest absolute Gasteiger partial charge is 0.480 e. The van der Waals surface area contributed by atoms with Gasteiger partial charge in [0.2, 0.25) is 5.16 Å². The van der Waals surface area contributed by atoms with Gasteiger partial charge in [0.25, 0.3) is 0 Å². The number of carboxylic acid groups (broad SMARTS) is 1. The molecule has 1 N–H and O–H groups in total. The molecule has 2 rings (SSSR count). The minimum Gasteiger partial charge on any atom is -0.480 e. The van der Waals surface area contributed by atoms with Crippen LogP contribution in [-0.2, 0) is 11.3 Å². The number of aromatic nitrogens is 5. The normalized spacial score (nSPS) is 10.1. The molecule has 0 spiro atoms. The van der Waals surface area contributed by atoms with Crippen LogP contribution in [0.5, 0.6) is 0 Å². The van der Waals surface area contributed by atoms with Crippen LogP contribution in [-0.4, -0.2) is 36.3 Å². The molecule has 2 aromatic rings. The van der Waals surface area contributed by atoms with Gasteiger partial charge in [0.15, 0.2) is 0 Å². The van der Waals surface area contributed by atoms with Gasteiger partial charge in [-0.1, -0.05) is 11.6 Å². The fourth-order valence-corrected chi connectivity index (χ4v) is 2.21. The summed E-state index contributed by atoms with van der Waals surface area (Å²) >= 11 is 6.97. The van der Waals surface area contributed by atoms with E-state index >= 15 is 0 Å². The van der Waals surface area contributed by atoms with Gasteiger partial charge in [-0.25, -0.2) is 9.67 Å². The van der Waals surface area contributed by atoms with Crippen LogP contribution in [0.1, 0.15) is 5.56 Å². The minimum absolute atomic E-state index is 0.180. The van der Waals surface area contributed by atoms with E-state index in [1.807, 2.05) is 6.07 Å². The van der Waals surface area contributed by atoms with Crippen molar-refractivity contribution in [2.24, 2.45) is 0 Å². The van der Waals surface area contributed by atoms with E-state index in [0.717, 1.165) is 16.4 Å². The van der Waals surface area contributed by atoms with E-state index in [1.165, 1.54) is 12.3 Å². The number of hydrogen-bond acceptors (Lipinski definition) is 7. The summed E-state index contributed by atoms with van der Waals surface area (Å²) in [4.78, 5) is 14.6.